The molecule has 18 heavy (non-hydrogen) atoms. The number of ether oxygens (including phenoxy) is 1. The van der Waals surface area contributed by atoms with Gasteiger partial charge in [0.2, 0.25) is 0 Å². The zero-order valence-corrected chi connectivity index (χ0v) is 10.6. The number of carbonyl (C=O) groups is 2. The first-order valence-corrected chi connectivity index (χ1v) is 6.14. The second-order valence-corrected chi connectivity index (χ2v) is 4.01. The molecule has 0 fully saturated rings. The fourth-order valence-electron chi connectivity index (χ4n) is 1.57. The van der Waals surface area contributed by atoms with Crippen LogP contribution in [0.25, 0.3) is 0 Å². The number of hydrogen-bond acceptors (Lipinski definition) is 3. The molecule has 0 saturated carbocycles. The largest absolute Gasteiger partial charge is 0.469 e. The minimum Gasteiger partial charge on any atom is -0.469 e. The number of carbonyl (C=O) groups excluding carboxylic acids is 2. The molecule has 0 aliphatic heterocycles. The van der Waals surface area contributed by atoms with Crippen LogP contribution in [-0.2, 0) is 9.53 Å². The van der Waals surface area contributed by atoms with Crippen LogP contribution in [0.5, 0.6) is 0 Å². The molecule has 0 aliphatic rings. The van der Waals surface area contributed by atoms with Crippen molar-refractivity contribution in [1.29, 1.82) is 0 Å². The van der Waals surface area contributed by atoms with Gasteiger partial charge in [0.25, 0.3) is 5.91 Å². The SMILES string of the molecule is COC(=O)CCCCCNC(=O)c1ccccc1. The third kappa shape index (κ3) is 5.48. The van der Waals surface area contributed by atoms with E-state index in [1.807, 2.05) is 18.2 Å². The lowest BCUT2D eigenvalue weighted by Crippen LogP contribution is -2.24. The molecule has 0 bridgehead atoms. The second-order valence-electron chi connectivity index (χ2n) is 4.01. The molecular formula is C14H19NO3. The molecule has 4 nitrogen and oxygen atoms in total. The topological polar surface area (TPSA) is 55.4 Å². The molecule has 1 aromatic carbocycles. The van der Waals surface area contributed by atoms with E-state index in [1.54, 1.807) is 12.1 Å². The van der Waals surface area contributed by atoms with Gasteiger partial charge in [-0.15, -0.1) is 0 Å². The monoisotopic (exact) mass is 249 g/mol. The summed E-state index contributed by atoms with van der Waals surface area (Å²) in [7, 11) is 1.39. The quantitative estimate of drug-likeness (QED) is 0.595. The second kappa shape index (κ2) is 8.28. The summed E-state index contributed by atoms with van der Waals surface area (Å²) in [4.78, 5) is 22.5. The summed E-state index contributed by atoms with van der Waals surface area (Å²) in [5, 5.41) is 2.85. The zero-order chi connectivity index (χ0) is 13.2. The molecular weight excluding hydrogens is 230 g/mol. The van der Waals surface area contributed by atoms with Crippen molar-refractivity contribution in [3.8, 4) is 0 Å². The van der Waals surface area contributed by atoms with E-state index in [0.717, 1.165) is 19.3 Å². The highest BCUT2D eigenvalue weighted by Gasteiger charge is 2.03. The van der Waals surface area contributed by atoms with E-state index in [-0.39, 0.29) is 11.9 Å². The van der Waals surface area contributed by atoms with Crippen molar-refractivity contribution in [1.82, 2.24) is 5.32 Å². The lowest BCUT2D eigenvalue weighted by atomic mass is 10.2. The molecule has 0 aromatic heterocycles. The van der Waals surface area contributed by atoms with Crippen LogP contribution in [0, 0.1) is 0 Å². The molecule has 0 spiro atoms. The van der Waals surface area contributed by atoms with E-state index in [0.29, 0.717) is 18.5 Å². The average Bonchev–Trinajstić information content (AvgIpc) is 2.43. The molecule has 1 amide bonds. The number of benzene rings is 1. The highest BCUT2D eigenvalue weighted by molar-refractivity contribution is 5.94. The Balaban J connectivity index is 2.08. The first-order valence-electron chi connectivity index (χ1n) is 6.14. The Morgan fingerprint density at radius 2 is 1.83 bits per heavy atom. The maximum atomic E-state index is 11.6. The molecule has 0 heterocycles. The van der Waals surface area contributed by atoms with Gasteiger partial charge >= 0.3 is 5.97 Å². The van der Waals surface area contributed by atoms with Crippen molar-refractivity contribution in [2.75, 3.05) is 13.7 Å². The first kappa shape index (κ1) is 14.2. The Bertz CT molecular complexity index is 376. The number of amides is 1. The summed E-state index contributed by atoms with van der Waals surface area (Å²) < 4.78 is 4.54. The summed E-state index contributed by atoms with van der Waals surface area (Å²) in [6, 6.07) is 9.12. The predicted molar refractivity (Wildman–Crippen MR) is 69.3 cm³/mol. The van der Waals surface area contributed by atoms with Gasteiger partial charge in [-0.3, -0.25) is 9.59 Å². The summed E-state index contributed by atoms with van der Waals surface area (Å²) in [6.45, 7) is 0.634. The fourth-order valence-corrected chi connectivity index (χ4v) is 1.57. The standard InChI is InChI=1S/C14H19NO3/c1-18-13(16)10-6-3-7-11-15-14(17)12-8-4-2-5-9-12/h2,4-5,8-9H,3,6-7,10-11H2,1H3,(H,15,17). The maximum absolute atomic E-state index is 11.6. The van der Waals surface area contributed by atoms with Crippen molar-refractivity contribution >= 4 is 11.9 Å². The van der Waals surface area contributed by atoms with E-state index >= 15 is 0 Å². The fraction of sp³-hybridized carbons (Fsp3) is 0.429. The molecule has 4 heteroatoms. The van der Waals surface area contributed by atoms with E-state index in [2.05, 4.69) is 10.1 Å². The molecule has 0 radical (unpaired) electrons. The number of unbranched alkanes of at least 4 members (excludes halogenated alkanes) is 2. The van der Waals surface area contributed by atoms with E-state index in [9.17, 15) is 9.59 Å². The van der Waals surface area contributed by atoms with Gasteiger partial charge in [0.1, 0.15) is 0 Å². The van der Waals surface area contributed by atoms with Crippen LogP contribution < -0.4 is 5.32 Å². The highest BCUT2D eigenvalue weighted by atomic mass is 16.5. The van der Waals surface area contributed by atoms with Gasteiger partial charge < -0.3 is 10.1 Å². The first-order chi connectivity index (χ1) is 8.74. The molecule has 0 saturated heterocycles. The van der Waals surface area contributed by atoms with Gasteiger partial charge in [-0.25, -0.2) is 0 Å². The number of esters is 1. The molecule has 0 unspecified atom stereocenters. The summed E-state index contributed by atoms with van der Waals surface area (Å²) in [5.74, 6) is -0.230. The van der Waals surface area contributed by atoms with Crippen LogP contribution in [0.3, 0.4) is 0 Å². The smallest absolute Gasteiger partial charge is 0.305 e. The third-order valence-electron chi connectivity index (χ3n) is 2.61. The molecule has 1 aromatic rings. The van der Waals surface area contributed by atoms with Crippen molar-refractivity contribution in [3.63, 3.8) is 0 Å². The Morgan fingerprint density at radius 3 is 2.50 bits per heavy atom. The lowest BCUT2D eigenvalue weighted by molar-refractivity contribution is -0.140. The Kier molecular flexibility index (Phi) is 6.54. The molecule has 1 rings (SSSR count). The zero-order valence-electron chi connectivity index (χ0n) is 10.6. The van der Waals surface area contributed by atoms with Gasteiger partial charge in [-0.1, -0.05) is 24.6 Å². The number of methoxy groups -OCH3 is 1. The normalized spacial score (nSPS) is 9.83. The van der Waals surface area contributed by atoms with Crippen molar-refractivity contribution in [2.45, 2.75) is 25.7 Å². The molecule has 98 valence electrons. The van der Waals surface area contributed by atoms with Gasteiger partial charge in [-0.2, -0.15) is 0 Å². The number of nitrogens with one attached hydrogen (secondary N) is 1. The van der Waals surface area contributed by atoms with Gasteiger partial charge in [-0.05, 0) is 25.0 Å². The van der Waals surface area contributed by atoms with Gasteiger partial charge in [0.15, 0.2) is 0 Å². The average molecular weight is 249 g/mol. The Hall–Kier alpha value is -1.84. The minimum atomic E-state index is -0.177. The molecule has 0 atom stereocenters. The van der Waals surface area contributed by atoms with Crippen LogP contribution in [0.1, 0.15) is 36.0 Å². The summed E-state index contributed by atoms with van der Waals surface area (Å²) in [5.41, 5.74) is 0.673. The molecule has 0 aliphatic carbocycles. The van der Waals surface area contributed by atoms with Crippen LogP contribution in [0.15, 0.2) is 30.3 Å². The van der Waals surface area contributed by atoms with E-state index < -0.39 is 0 Å². The van der Waals surface area contributed by atoms with Crippen molar-refractivity contribution < 1.29 is 14.3 Å². The minimum absolute atomic E-state index is 0.0523. The van der Waals surface area contributed by atoms with Crippen molar-refractivity contribution in [3.05, 3.63) is 35.9 Å². The van der Waals surface area contributed by atoms with Crippen molar-refractivity contribution in [2.24, 2.45) is 0 Å². The van der Waals surface area contributed by atoms with E-state index in [1.165, 1.54) is 7.11 Å². The van der Waals surface area contributed by atoms with E-state index in [4.69, 9.17) is 0 Å². The summed E-state index contributed by atoms with van der Waals surface area (Å²) >= 11 is 0. The lowest BCUT2D eigenvalue weighted by Gasteiger charge is -2.04. The molecule has 1 N–H and O–H groups in total. The van der Waals surface area contributed by atoms with Crippen LogP contribution in [0.2, 0.25) is 0 Å². The Labute approximate surface area is 107 Å². The van der Waals surface area contributed by atoms with Crippen LogP contribution in [0.4, 0.5) is 0 Å². The number of rotatable bonds is 7. The Morgan fingerprint density at radius 1 is 1.11 bits per heavy atom. The summed E-state index contributed by atoms with van der Waals surface area (Å²) in [6.07, 6.45) is 3.02. The predicted octanol–water partition coefficient (Wildman–Crippen LogP) is 2.15. The van der Waals surface area contributed by atoms with Gasteiger partial charge in [0, 0.05) is 18.5 Å². The van der Waals surface area contributed by atoms with Gasteiger partial charge in [0.05, 0.1) is 7.11 Å². The van der Waals surface area contributed by atoms with Crippen LogP contribution in [-0.4, -0.2) is 25.5 Å². The number of hydrogen-bond donors (Lipinski definition) is 1. The highest BCUT2D eigenvalue weighted by Crippen LogP contribution is 2.01. The van der Waals surface area contributed by atoms with Crippen LogP contribution >= 0.6 is 0 Å². The maximum Gasteiger partial charge on any atom is 0.305 e. The third-order valence-corrected chi connectivity index (χ3v) is 2.61.